The van der Waals surface area contributed by atoms with Gasteiger partial charge in [0.15, 0.2) is 0 Å². The molecule has 1 heterocycles. The van der Waals surface area contributed by atoms with E-state index in [1.807, 2.05) is 19.2 Å². The molecule has 118 valence electrons. The van der Waals surface area contributed by atoms with E-state index < -0.39 is 0 Å². The predicted molar refractivity (Wildman–Crippen MR) is 84.4 cm³/mol. The Kier molecular flexibility index (Phi) is 4.76. The summed E-state index contributed by atoms with van der Waals surface area (Å²) < 4.78 is 5.70. The molecule has 1 saturated carbocycles. The second-order valence-electron chi connectivity index (χ2n) is 5.96. The van der Waals surface area contributed by atoms with Gasteiger partial charge >= 0.3 is 0 Å². The Morgan fingerprint density at radius 3 is 2.73 bits per heavy atom. The number of aromatic nitrogens is 2. The average Bonchev–Trinajstić information content (AvgIpc) is 3.10. The van der Waals surface area contributed by atoms with Crippen LogP contribution in [-0.2, 0) is 6.54 Å². The molecule has 0 spiro atoms. The average molecular weight is 322 g/mol. The maximum Gasteiger partial charge on any atom is 0.247 e. The molecular formula is C16H20ClN3O2. The maximum absolute atomic E-state index is 9.89. The number of hydrogen-bond donors (Lipinski definition) is 1. The Hall–Kier alpha value is -1.43. The molecule has 1 aliphatic carbocycles. The Morgan fingerprint density at radius 1 is 1.27 bits per heavy atom. The molecule has 22 heavy (non-hydrogen) atoms. The standard InChI is InChI=1S/C16H20ClN3O2/c1-20(9-12-3-2-4-14(12)21)10-15-18-19-16(22-15)11-5-7-13(17)8-6-11/h5-8,12,14,21H,2-4,9-10H2,1H3. The van der Waals surface area contributed by atoms with Crippen molar-refractivity contribution in [1.29, 1.82) is 0 Å². The first-order chi connectivity index (χ1) is 10.6. The van der Waals surface area contributed by atoms with Crippen LogP contribution in [0.1, 0.15) is 25.2 Å². The van der Waals surface area contributed by atoms with Crippen molar-refractivity contribution in [3.05, 3.63) is 35.2 Å². The summed E-state index contributed by atoms with van der Waals surface area (Å²) in [6.07, 6.45) is 2.95. The monoisotopic (exact) mass is 321 g/mol. The molecule has 0 saturated heterocycles. The molecule has 6 heteroatoms. The fourth-order valence-electron chi connectivity index (χ4n) is 2.95. The summed E-state index contributed by atoms with van der Waals surface area (Å²) in [7, 11) is 2.01. The molecule has 3 rings (SSSR count). The van der Waals surface area contributed by atoms with Crippen LogP contribution in [0, 0.1) is 5.92 Å². The van der Waals surface area contributed by atoms with Crippen LogP contribution in [0.25, 0.3) is 11.5 Å². The van der Waals surface area contributed by atoms with Crippen molar-refractivity contribution in [3.8, 4) is 11.5 Å². The van der Waals surface area contributed by atoms with E-state index in [-0.39, 0.29) is 6.10 Å². The molecule has 2 atom stereocenters. The highest BCUT2D eigenvalue weighted by Crippen LogP contribution is 2.26. The number of rotatable bonds is 5. The SMILES string of the molecule is CN(Cc1nnc(-c2ccc(Cl)cc2)o1)CC1CCCC1O. The van der Waals surface area contributed by atoms with Gasteiger partial charge in [0.05, 0.1) is 12.6 Å². The summed E-state index contributed by atoms with van der Waals surface area (Å²) in [6.45, 7) is 1.43. The molecular weight excluding hydrogens is 302 g/mol. The van der Waals surface area contributed by atoms with Crippen molar-refractivity contribution < 1.29 is 9.52 Å². The minimum atomic E-state index is -0.172. The number of benzene rings is 1. The van der Waals surface area contributed by atoms with Gasteiger partial charge in [0, 0.05) is 17.1 Å². The Morgan fingerprint density at radius 2 is 2.05 bits per heavy atom. The molecule has 2 unspecified atom stereocenters. The first-order valence-electron chi connectivity index (χ1n) is 7.57. The topological polar surface area (TPSA) is 62.4 Å². The molecule has 2 aromatic rings. The van der Waals surface area contributed by atoms with Crippen molar-refractivity contribution in [2.75, 3.05) is 13.6 Å². The van der Waals surface area contributed by atoms with E-state index in [9.17, 15) is 5.11 Å². The molecule has 0 bridgehead atoms. The fourth-order valence-corrected chi connectivity index (χ4v) is 3.08. The van der Waals surface area contributed by atoms with Crippen molar-refractivity contribution in [3.63, 3.8) is 0 Å². The summed E-state index contributed by atoms with van der Waals surface area (Å²) >= 11 is 5.87. The van der Waals surface area contributed by atoms with Crippen LogP contribution in [-0.4, -0.2) is 39.9 Å². The third-order valence-corrected chi connectivity index (χ3v) is 4.38. The largest absolute Gasteiger partial charge is 0.419 e. The van der Waals surface area contributed by atoms with Crippen LogP contribution in [0.5, 0.6) is 0 Å². The lowest BCUT2D eigenvalue weighted by Crippen LogP contribution is -2.29. The van der Waals surface area contributed by atoms with E-state index in [2.05, 4.69) is 15.1 Å². The molecule has 0 radical (unpaired) electrons. The lowest BCUT2D eigenvalue weighted by Gasteiger charge is -2.21. The third-order valence-electron chi connectivity index (χ3n) is 4.13. The van der Waals surface area contributed by atoms with Crippen LogP contribution < -0.4 is 0 Å². The van der Waals surface area contributed by atoms with Crippen molar-refractivity contribution in [1.82, 2.24) is 15.1 Å². The van der Waals surface area contributed by atoms with E-state index in [0.717, 1.165) is 31.4 Å². The van der Waals surface area contributed by atoms with Gasteiger partial charge in [-0.3, -0.25) is 4.90 Å². The highest BCUT2D eigenvalue weighted by atomic mass is 35.5. The molecule has 0 amide bonds. The van der Waals surface area contributed by atoms with Gasteiger partial charge < -0.3 is 9.52 Å². The Bertz CT molecular complexity index is 614. The van der Waals surface area contributed by atoms with Crippen molar-refractivity contribution in [2.45, 2.75) is 31.9 Å². The van der Waals surface area contributed by atoms with Gasteiger partial charge in [-0.1, -0.05) is 18.0 Å². The van der Waals surface area contributed by atoms with E-state index in [1.54, 1.807) is 12.1 Å². The van der Waals surface area contributed by atoms with Gasteiger partial charge in [-0.25, -0.2) is 0 Å². The zero-order valence-corrected chi connectivity index (χ0v) is 13.3. The highest BCUT2D eigenvalue weighted by Gasteiger charge is 2.26. The van der Waals surface area contributed by atoms with Gasteiger partial charge in [0.2, 0.25) is 11.8 Å². The van der Waals surface area contributed by atoms with Gasteiger partial charge in [0.25, 0.3) is 0 Å². The summed E-state index contributed by atoms with van der Waals surface area (Å²) in [6, 6.07) is 7.32. The second-order valence-corrected chi connectivity index (χ2v) is 6.40. The minimum Gasteiger partial charge on any atom is -0.419 e. The van der Waals surface area contributed by atoms with Crippen molar-refractivity contribution >= 4 is 11.6 Å². The van der Waals surface area contributed by atoms with E-state index in [4.69, 9.17) is 16.0 Å². The third kappa shape index (κ3) is 3.66. The molecule has 1 aromatic heterocycles. The molecule has 1 aliphatic rings. The smallest absolute Gasteiger partial charge is 0.247 e. The zero-order chi connectivity index (χ0) is 15.5. The van der Waals surface area contributed by atoms with E-state index >= 15 is 0 Å². The summed E-state index contributed by atoms with van der Waals surface area (Å²) in [5.41, 5.74) is 0.858. The van der Waals surface area contributed by atoms with Crippen molar-refractivity contribution in [2.24, 2.45) is 5.92 Å². The molecule has 0 aliphatic heterocycles. The van der Waals surface area contributed by atoms with Crippen LogP contribution in [0.4, 0.5) is 0 Å². The summed E-state index contributed by atoms with van der Waals surface area (Å²) in [4.78, 5) is 2.12. The number of hydrogen-bond acceptors (Lipinski definition) is 5. The Labute approximate surface area is 134 Å². The first-order valence-corrected chi connectivity index (χ1v) is 7.94. The minimum absolute atomic E-state index is 0.172. The Balaban J connectivity index is 1.60. The quantitative estimate of drug-likeness (QED) is 0.917. The molecule has 5 nitrogen and oxygen atoms in total. The molecule has 1 aromatic carbocycles. The predicted octanol–water partition coefficient (Wildman–Crippen LogP) is 2.98. The van der Waals surface area contributed by atoms with Crippen LogP contribution in [0.2, 0.25) is 5.02 Å². The van der Waals surface area contributed by atoms with Gasteiger partial charge in [-0.05, 0) is 50.1 Å². The summed E-state index contributed by atoms with van der Waals surface area (Å²) in [5, 5.41) is 18.7. The van der Waals surface area contributed by atoms with Gasteiger partial charge in [-0.15, -0.1) is 10.2 Å². The van der Waals surface area contributed by atoms with Crippen LogP contribution in [0.3, 0.4) is 0 Å². The molecule has 1 fully saturated rings. The van der Waals surface area contributed by atoms with E-state index in [1.165, 1.54) is 0 Å². The normalized spacial score (nSPS) is 21.6. The second kappa shape index (κ2) is 6.77. The first kappa shape index (κ1) is 15.5. The lowest BCUT2D eigenvalue weighted by molar-refractivity contribution is 0.105. The number of aliphatic hydroxyl groups is 1. The molecule has 1 N–H and O–H groups in total. The fraction of sp³-hybridized carbons (Fsp3) is 0.500. The van der Waals surface area contributed by atoms with Crippen LogP contribution in [0.15, 0.2) is 28.7 Å². The lowest BCUT2D eigenvalue weighted by atomic mass is 10.1. The number of halogens is 1. The van der Waals surface area contributed by atoms with Gasteiger partial charge in [0.1, 0.15) is 0 Å². The number of aliphatic hydroxyl groups excluding tert-OH is 1. The van der Waals surface area contributed by atoms with E-state index in [0.29, 0.717) is 29.3 Å². The summed E-state index contributed by atoms with van der Waals surface area (Å²) in [5.74, 6) is 1.43. The maximum atomic E-state index is 9.89. The van der Waals surface area contributed by atoms with Gasteiger partial charge in [-0.2, -0.15) is 0 Å². The van der Waals surface area contributed by atoms with Crippen LogP contribution >= 0.6 is 11.6 Å². The zero-order valence-electron chi connectivity index (χ0n) is 12.6. The highest BCUT2D eigenvalue weighted by molar-refractivity contribution is 6.30. The number of nitrogens with zero attached hydrogens (tertiary/aromatic N) is 3.